The maximum Gasteiger partial charge on any atom is 0.143 e. The van der Waals surface area contributed by atoms with Gasteiger partial charge in [-0.3, -0.25) is 0 Å². The molecule has 1 atom stereocenters. The van der Waals surface area contributed by atoms with Crippen LogP contribution in [-0.2, 0) is 0 Å². The number of anilines is 2. The van der Waals surface area contributed by atoms with E-state index in [1.54, 1.807) is 6.33 Å². The highest BCUT2D eigenvalue weighted by Crippen LogP contribution is 2.25. The lowest BCUT2D eigenvalue weighted by Crippen LogP contribution is -2.45. The molecule has 0 radical (unpaired) electrons. The molecular formula is C18H23N7. The highest BCUT2D eigenvalue weighted by molar-refractivity contribution is 5.91. The Morgan fingerprint density at radius 1 is 1.36 bits per heavy atom. The molecule has 7 heteroatoms. The number of likely N-dealkylation sites (N-methyl/N-ethyl adjacent to an activating group) is 1. The Morgan fingerprint density at radius 3 is 2.88 bits per heavy atom. The van der Waals surface area contributed by atoms with Gasteiger partial charge in [-0.15, -0.1) is 0 Å². The lowest BCUT2D eigenvalue weighted by atomic mass is 9.92. The Morgan fingerprint density at radius 2 is 2.16 bits per heavy atom. The first kappa shape index (κ1) is 17.1. The molecule has 0 bridgehead atoms. The van der Waals surface area contributed by atoms with Gasteiger partial charge in [0.05, 0.1) is 11.6 Å². The fraction of sp³-hybridized carbons (Fsp3) is 0.444. The number of nitrogens with zero attached hydrogens (tertiary/aromatic N) is 5. The van der Waals surface area contributed by atoms with Crippen LogP contribution in [0.15, 0.2) is 30.1 Å². The Hall–Kier alpha value is -2.72. The molecule has 2 heterocycles. The smallest absolute Gasteiger partial charge is 0.143 e. The van der Waals surface area contributed by atoms with Crippen molar-refractivity contribution in [2.75, 3.05) is 50.0 Å². The standard InChI is InChI=1S/C18H23N7/c1-24-6-8-25(9-7-24)18-16(11-20)17(22-13-23-18)21-12-15-5-3-2-4-14(15)10-19/h2-4,11,13,15,20H,5-9,12H2,1H3,(H,21,22,23). The first-order chi connectivity index (χ1) is 12.2. The molecule has 2 N–H and O–H groups in total. The average molecular weight is 337 g/mol. The molecule has 1 aromatic rings. The van der Waals surface area contributed by atoms with Crippen molar-refractivity contribution in [3.63, 3.8) is 0 Å². The van der Waals surface area contributed by atoms with Crippen LogP contribution >= 0.6 is 0 Å². The summed E-state index contributed by atoms with van der Waals surface area (Å²) >= 11 is 0. The van der Waals surface area contributed by atoms with Crippen molar-refractivity contribution >= 4 is 17.9 Å². The normalized spacial score (nSPS) is 20.7. The summed E-state index contributed by atoms with van der Waals surface area (Å²) in [6.07, 6.45) is 9.56. The van der Waals surface area contributed by atoms with Crippen LogP contribution in [0, 0.1) is 22.7 Å². The molecule has 0 aromatic carbocycles. The summed E-state index contributed by atoms with van der Waals surface area (Å²) in [6, 6.07) is 2.27. The van der Waals surface area contributed by atoms with E-state index in [0.717, 1.165) is 44.0 Å². The maximum atomic E-state index is 9.24. The molecule has 1 aliphatic heterocycles. The van der Waals surface area contributed by atoms with Crippen LogP contribution in [0.3, 0.4) is 0 Å². The van der Waals surface area contributed by atoms with Crippen LogP contribution < -0.4 is 10.2 Å². The molecule has 0 spiro atoms. The van der Waals surface area contributed by atoms with Crippen molar-refractivity contribution in [2.24, 2.45) is 5.92 Å². The molecule has 25 heavy (non-hydrogen) atoms. The van der Waals surface area contributed by atoms with E-state index in [1.807, 2.05) is 12.2 Å². The number of allylic oxidation sites excluding steroid dienone is 3. The second-order valence-electron chi connectivity index (χ2n) is 6.37. The number of nitriles is 1. The summed E-state index contributed by atoms with van der Waals surface area (Å²) in [5, 5.41) is 20.4. The summed E-state index contributed by atoms with van der Waals surface area (Å²) in [4.78, 5) is 13.2. The molecule has 1 saturated heterocycles. The molecule has 0 saturated carbocycles. The number of rotatable bonds is 5. The van der Waals surface area contributed by atoms with Crippen LogP contribution in [-0.4, -0.2) is 60.9 Å². The minimum absolute atomic E-state index is 0.135. The van der Waals surface area contributed by atoms with Crippen molar-refractivity contribution in [2.45, 2.75) is 6.42 Å². The van der Waals surface area contributed by atoms with Gasteiger partial charge in [-0.1, -0.05) is 12.2 Å². The minimum Gasteiger partial charge on any atom is -0.369 e. The van der Waals surface area contributed by atoms with E-state index in [4.69, 9.17) is 5.41 Å². The van der Waals surface area contributed by atoms with E-state index in [1.165, 1.54) is 6.21 Å². The van der Waals surface area contributed by atoms with E-state index < -0.39 is 0 Å². The number of piperazine rings is 1. The third kappa shape index (κ3) is 3.86. The Kier molecular flexibility index (Phi) is 5.41. The van der Waals surface area contributed by atoms with Gasteiger partial charge in [0.2, 0.25) is 0 Å². The van der Waals surface area contributed by atoms with Crippen molar-refractivity contribution < 1.29 is 0 Å². The lowest BCUT2D eigenvalue weighted by molar-refractivity contribution is 0.312. The predicted molar refractivity (Wildman–Crippen MR) is 99.1 cm³/mol. The van der Waals surface area contributed by atoms with Crippen LogP contribution in [0.2, 0.25) is 0 Å². The highest BCUT2D eigenvalue weighted by Gasteiger charge is 2.21. The third-order valence-electron chi connectivity index (χ3n) is 4.73. The minimum atomic E-state index is 0.135. The molecular weight excluding hydrogens is 314 g/mol. The number of nitrogens with one attached hydrogen (secondary N) is 2. The van der Waals surface area contributed by atoms with E-state index in [0.29, 0.717) is 17.9 Å². The van der Waals surface area contributed by atoms with Crippen LogP contribution in [0.25, 0.3) is 0 Å². The molecule has 130 valence electrons. The van der Waals surface area contributed by atoms with Gasteiger partial charge in [0.1, 0.15) is 18.0 Å². The van der Waals surface area contributed by atoms with E-state index >= 15 is 0 Å². The van der Waals surface area contributed by atoms with Crippen molar-refractivity contribution in [1.82, 2.24) is 14.9 Å². The zero-order valence-electron chi connectivity index (χ0n) is 14.4. The van der Waals surface area contributed by atoms with Gasteiger partial charge in [-0.25, -0.2) is 9.97 Å². The van der Waals surface area contributed by atoms with E-state index in [-0.39, 0.29) is 5.92 Å². The van der Waals surface area contributed by atoms with Crippen molar-refractivity contribution in [3.8, 4) is 6.07 Å². The number of aromatic nitrogens is 2. The molecule has 1 aliphatic carbocycles. The van der Waals surface area contributed by atoms with Crippen LogP contribution in [0.5, 0.6) is 0 Å². The molecule has 2 aliphatic rings. The maximum absolute atomic E-state index is 9.24. The Labute approximate surface area is 148 Å². The first-order valence-electron chi connectivity index (χ1n) is 8.52. The van der Waals surface area contributed by atoms with Gasteiger partial charge in [0.15, 0.2) is 0 Å². The van der Waals surface area contributed by atoms with Gasteiger partial charge in [0.25, 0.3) is 0 Å². The van der Waals surface area contributed by atoms with Gasteiger partial charge < -0.3 is 20.5 Å². The number of hydrogen-bond donors (Lipinski definition) is 2. The fourth-order valence-corrected chi connectivity index (χ4v) is 3.15. The van der Waals surface area contributed by atoms with Gasteiger partial charge in [0, 0.05) is 50.4 Å². The summed E-state index contributed by atoms with van der Waals surface area (Å²) < 4.78 is 0. The first-order valence-corrected chi connectivity index (χ1v) is 8.52. The Balaban J connectivity index is 1.75. The lowest BCUT2D eigenvalue weighted by Gasteiger charge is -2.34. The summed E-state index contributed by atoms with van der Waals surface area (Å²) in [7, 11) is 2.11. The molecule has 7 nitrogen and oxygen atoms in total. The quantitative estimate of drug-likeness (QED) is 0.794. The highest BCUT2D eigenvalue weighted by atomic mass is 15.3. The fourth-order valence-electron chi connectivity index (χ4n) is 3.15. The SMILES string of the molecule is CN1CCN(c2ncnc(NCC3CC=CC=C3C#N)c2C=N)CC1. The van der Waals surface area contributed by atoms with Gasteiger partial charge in [-0.2, -0.15) is 5.26 Å². The summed E-state index contributed by atoms with van der Waals surface area (Å²) in [6.45, 7) is 4.36. The van der Waals surface area contributed by atoms with Crippen molar-refractivity contribution in [3.05, 3.63) is 35.7 Å². The molecule has 0 amide bonds. The van der Waals surface area contributed by atoms with E-state index in [9.17, 15) is 5.26 Å². The molecule has 1 fully saturated rings. The predicted octanol–water partition coefficient (Wildman–Crippen LogP) is 1.66. The zero-order chi connectivity index (χ0) is 17.6. The van der Waals surface area contributed by atoms with Crippen molar-refractivity contribution in [1.29, 1.82) is 10.7 Å². The Bertz CT molecular complexity index is 723. The molecule has 1 aromatic heterocycles. The third-order valence-corrected chi connectivity index (χ3v) is 4.73. The largest absolute Gasteiger partial charge is 0.369 e. The van der Waals surface area contributed by atoms with Gasteiger partial charge in [-0.05, 0) is 19.5 Å². The molecule has 1 unspecified atom stereocenters. The second kappa shape index (κ2) is 7.90. The molecule has 3 rings (SSSR count). The monoisotopic (exact) mass is 337 g/mol. The van der Waals surface area contributed by atoms with Gasteiger partial charge >= 0.3 is 0 Å². The number of hydrogen-bond acceptors (Lipinski definition) is 7. The zero-order valence-corrected chi connectivity index (χ0v) is 14.4. The summed E-state index contributed by atoms with van der Waals surface area (Å²) in [5.74, 6) is 1.60. The van der Waals surface area contributed by atoms with Crippen LogP contribution in [0.1, 0.15) is 12.0 Å². The average Bonchev–Trinajstić information content (AvgIpc) is 2.66. The topological polar surface area (TPSA) is 91.9 Å². The van der Waals surface area contributed by atoms with E-state index in [2.05, 4.69) is 44.3 Å². The second-order valence-corrected chi connectivity index (χ2v) is 6.37. The summed E-state index contributed by atoms with van der Waals surface area (Å²) in [5.41, 5.74) is 1.49. The van der Waals surface area contributed by atoms with Crippen LogP contribution in [0.4, 0.5) is 11.6 Å².